The molecule has 6 heteroatoms. The van der Waals surface area contributed by atoms with E-state index in [0.717, 1.165) is 0 Å². The predicted molar refractivity (Wildman–Crippen MR) is 89.2 cm³/mol. The number of hydrogen-bond donors (Lipinski definition) is 1. The van der Waals surface area contributed by atoms with Crippen LogP contribution >= 0.6 is 0 Å². The molecule has 0 aliphatic carbocycles. The van der Waals surface area contributed by atoms with Gasteiger partial charge in [0.1, 0.15) is 5.75 Å². The van der Waals surface area contributed by atoms with E-state index in [1.54, 1.807) is 30.3 Å². The Balaban J connectivity index is 2.36. The lowest BCUT2D eigenvalue weighted by Gasteiger charge is -2.12. The molecule has 3 aromatic rings. The van der Waals surface area contributed by atoms with Gasteiger partial charge in [0.25, 0.3) is 0 Å². The van der Waals surface area contributed by atoms with E-state index in [1.807, 2.05) is 0 Å². The van der Waals surface area contributed by atoms with Gasteiger partial charge in [0.05, 0.1) is 26.7 Å². The maximum atomic E-state index is 12.5. The second-order valence-corrected chi connectivity index (χ2v) is 5.02. The smallest absolute Gasteiger partial charge is 0.235 e. The van der Waals surface area contributed by atoms with Crippen LogP contribution in [0.4, 0.5) is 0 Å². The molecule has 0 fully saturated rings. The quantitative estimate of drug-likeness (QED) is 0.792. The molecule has 0 aliphatic rings. The molecule has 0 unspecified atom stereocenters. The Morgan fingerprint density at radius 2 is 1.79 bits per heavy atom. The third-order valence-electron chi connectivity index (χ3n) is 3.71. The van der Waals surface area contributed by atoms with E-state index in [1.165, 1.54) is 27.4 Å². The first-order chi connectivity index (χ1) is 11.6. The van der Waals surface area contributed by atoms with Crippen LogP contribution in [-0.2, 0) is 0 Å². The summed E-state index contributed by atoms with van der Waals surface area (Å²) < 4.78 is 21.5. The fourth-order valence-electron chi connectivity index (χ4n) is 2.52. The molecule has 2 aromatic carbocycles. The van der Waals surface area contributed by atoms with Crippen molar-refractivity contribution >= 4 is 11.0 Å². The summed E-state index contributed by atoms with van der Waals surface area (Å²) in [6.07, 6.45) is 0. The number of methoxy groups -OCH3 is 3. The van der Waals surface area contributed by atoms with Crippen LogP contribution in [0.5, 0.6) is 23.0 Å². The summed E-state index contributed by atoms with van der Waals surface area (Å²) in [5.41, 5.74) is 0.170. The Morgan fingerprint density at radius 3 is 2.46 bits per heavy atom. The first-order valence-electron chi connectivity index (χ1n) is 7.16. The summed E-state index contributed by atoms with van der Waals surface area (Å²) in [5, 5.41) is 10.5. The van der Waals surface area contributed by atoms with E-state index in [2.05, 4.69) is 0 Å². The maximum absolute atomic E-state index is 12.5. The number of benzene rings is 2. The van der Waals surface area contributed by atoms with Gasteiger partial charge in [-0.25, -0.2) is 0 Å². The van der Waals surface area contributed by atoms with E-state index >= 15 is 0 Å². The molecule has 3 rings (SSSR count). The van der Waals surface area contributed by atoms with Crippen LogP contribution in [0.15, 0.2) is 45.6 Å². The van der Waals surface area contributed by atoms with Crippen molar-refractivity contribution in [2.45, 2.75) is 0 Å². The minimum atomic E-state index is -0.546. The molecule has 6 nitrogen and oxygen atoms in total. The molecule has 0 bridgehead atoms. The molecule has 0 saturated heterocycles. The summed E-state index contributed by atoms with van der Waals surface area (Å²) in [4.78, 5) is 12.5. The van der Waals surface area contributed by atoms with E-state index in [-0.39, 0.29) is 22.5 Å². The zero-order valence-electron chi connectivity index (χ0n) is 13.5. The minimum absolute atomic E-state index is 0.0398. The summed E-state index contributed by atoms with van der Waals surface area (Å²) in [5.74, 6) is 0.861. The van der Waals surface area contributed by atoms with Gasteiger partial charge in [0.2, 0.25) is 16.9 Å². The predicted octanol–water partition coefficient (Wildman–Crippen LogP) is 3.19. The number of ether oxygens (including phenoxy) is 3. The Labute approximate surface area is 137 Å². The average Bonchev–Trinajstić information content (AvgIpc) is 2.63. The van der Waals surface area contributed by atoms with Crippen molar-refractivity contribution in [2.24, 2.45) is 0 Å². The Bertz CT molecular complexity index is 958. The first-order valence-corrected chi connectivity index (χ1v) is 7.16. The van der Waals surface area contributed by atoms with E-state index < -0.39 is 11.2 Å². The second kappa shape index (κ2) is 6.16. The average molecular weight is 328 g/mol. The molecule has 0 aliphatic heterocycles. The molecule has 24 heavy (non-hydrogen) atoms. The summed E-state index contributed by atoms with van der Waals surface area (Å²) in [6, 6.07) is 9.97. The number of rotatable bonds is 4. The third-order valence-corrected chi connectivity index (χ3v) is 3.71. The van der Waals surface area contributed by atoms with Gasteiger partial charge in [-0.15, -0.1) is 0 Å². The molecule has 0 radical (unpaired) electrons. The zero-order chi connectivity index (χ0) is 17.3. The lowest BCUT2D eigenvalue weighted by atomic mass is 10.1. The van der Waals surface area contributed by atoms with E-state index in [0.29, 0.717) is 17.1 Å². The molecule has 124 valence electrons. The molecular weight excluding hydrogens is 312 g/mol. The van der Waals surface area contributed by atoms with Crippen LogP contribution in [-0.4, -0.2) is 26.4 Å². The third kappa shape index (κ3) is 2.42. The molecule has 1 N–H and O–H groups in total. The fourth-order valence-corrected chi connectivity index (χ4v) is 2.52. The van der Waals surface area contributed by atoms with Crippen LogP contribution in [0.1, 0.15) is 0 Å². The number of hydrogen-bond acceptors (Lipinski definition) is 6. The van der Waals surface area contributed by atoms with Gasteiger partial charge < -0.3 is 23.7 Å². The Kier molecular flexibility index (Phi) is 4.04. The summed E-state index contributed by atoms with van der Waals surface area (Å²) in [6.45, 7) is 0. The van der Waals surface area contributed by atoms with Gasteiger partial charge >= 0.3 is 0 Å². The van der Waals surface area contributed by atoms with Crippen molar-refractivity contribution < 1.29 is 23.7 Å². The molecule has 0 amide bonds. The zero-order valence-corrected chi connectivity index (χ0v) is 13.5. The summed E-state index contributed by atoms with van der Waals surface area (Å²) in [7, 11) is 4.48. The molecule has 1 heterocycles. The Morgan fingerprint density at radius 1 is 1.00 bits per heavy atom. The van der Waals surface area contributed by atoms with Crippen LogP contribution in [0.3, 0.4) is 0 Å². The summed E-state index contributed by atoms with van der Waals surface area (Å²) >= 11 is 0. The molecule has 0 spiro atoms. The van der Waals surface area contributed by atoms with Gasteiger partial charge in [-0.1, -0.05) is 12.1 Å². The first kappa shape index (κ1) is 15.7. The van der Waals surface area contributed by atoms with Crippen molar-refractivity contribution in [1.82, 2.24) is 0 Å². The number of fused-ring (bicyclic) bond motifs is 1. The fraction of sp³-hybridized carbons (Fsp3) is 0.167. The SMILES string of the molecule is COc1cccc(-c2oc3c(OC)c(OC)ccc3c(=O)c2O)c1. The highest BCUT2D eigenvalue weighted by atomic mass is 16.5. The highest BCUT2D eigenvalue weighted by Crippen LogP contribution is 2.39. The standard InChI is InChI=1S/C18H16O6/c1-21-11-6-4-5-10(9-11)16-15(20)14(19)12-7-8-13(22-2)18(23-3)17(12)24-16/h4-9,20H,1-3H3. The molecular formula is C18H16O6. The monoisotopic (exact) mass is 328 g/mol. The minimum Gasteiger partial charge on any atom is -0.502 e. The van der Waals surface area contributed by atoms with Crippen molar-refractivity contribution in [3.8, 4) is 34.3 Å². The molecule has 1 aromatic heterocycles. The Hall–Kier alpha value is -3.15. The van der Waals surface area contributed by atoms with Gasteiger partial charge in [-0.2, -0.15) is 0 Å². The highest BCUT2D eigenvalue weighted by Gasteiger charge is 2.20. The van der Waals surface area contributed by atoms with Crippen molar-refractivity contribution in [3.63, 3.8) is 0 Å². The van der Waals surface area contributed by atoms with Gasteiger partial charge in [0.15, 0.2) is 17.1 Å². The topological polar surface area (TPSA) is 78.1 Å². The highest BCUT2D eigenvalue weighted by molar-refractivity contribution is 5.88. The normalized spacial score (nSPS) is 10.6. The lowest BCUT2D eigenvalue weighted by Crippen LogP contribution is -2.04. The van der Waals surface area contributed by atoms with Gasteiger partial charge in [-0.05, 0) is 24.3 Å². The van der Waals surface area contributed by atoms with E-state index in [9.17, 15) is 9.90 Å². The van der Waals surface area contributed by atoms with Gasteiger partial charge in [0, 0.05) is 5.56 Å². The second-order valence-electron chi connectivity index (χ2n) is 5.02. The lowest BCUT2D eigenvalue weighted by molar-refractivity contribution is 0.352. The van der Waals surface area contributed by atoms with Gasteiger partial charge in [-0.3, -0.25) is 4.79 Å². The van der Waals surface area contributed by atoms with Crippen LogP contribution in [0, 0.1) is 0 Å². The van der Waals surface area contributed by atoms with Crippen LogP contribution in [0.25, 0.3) is 22.3 Å². The van der Waals surface area contributed by atoms with Crippen molar-refractivity contribution in [3.05, 3.63) is 46.6 Å². The number of aromatic hydroxyl groups is 1. The molecule has 0 atom stereocenters. The van der Waals surface area contributed by atoms with Crippen LogP contribution < -0.4 is 19.6 Å². The van der Waals surface area contributed by atoms with Crippen molar-refractivity contribution in [1.29, 1.82) is 0 Å². The maximum Gasteiger partial charge on any atom is 0.235 e. The van der Waals surface area contributed by atoms with Crippen LogP contribution in [0.2, 0.25) is 0 Å². The van der Waals surface area contributed by atoms with Crippen molar-refractivity contribution in [2.75, 3.05) is 21.3 Å². The largest absolute Gasteiger partial charge is 0.502 e. The van der Waals surface area contributed by atoms with E-state index in [4.69, 9.17) is 18.6 Å². The molecule has 0 saturated carbocycles.